The van der Waals surface area contributed by atoms with Gasteiger partial charge in [-0.15, -0.1) is 0 Å². The monoisotopic (exact) mass is 185 g/mol. The van der Waals surface area contributed by atoms with E-state index in [1.54, 1.807) is 0 Å². The van der Waals surface area contributed by atoms with E-state index in [0.717, 1.165) is 19.3 Å². The van der Waals surface area contributed by atoms with Crippen LogP contribution in [0.1, 0.15) is 19.3 Å². The molecule has 0 saturated heterocycles. The van der Waals surface area contributed by atoms with E-state index < -0.39 is 0 Å². The molecule has 0 bridgehead atoms. The molecule has 0 fully saturated rings. The van der Waals surface area contributed by atoms with E-state index in [9.17, 15) is 0 Å². The fourth-order valence-electron chi connectivity index (χ4n) is 1.13. The Morgan fingerprint density at radius 2 is 1.14 bits per heavy atom. The Labute approximate surface area is 87.0 Å². The predicted molar refractivity (Wildman–Crippen MR) is 63.9 cm³/mol. The van der Waals surface area contributed by atoms with E-state index in [0.29, 0.717) is 0 Å². The minimum atomic E-state index is 1.00. The number of allylic oxidation sites excluding steroid dienone is 10. The predicted octanol–water partition coefficient (Wildman–Crippen LogP) is 4.16. The molecule has 0 heterocycles. The van der Waals surface area contributed by atoms with Gasteiger partial charge in [-0.05, 0) is 25.7 Å². The standard InChI is InChI=1S/C14H17/c1-2-4-6-8-10-12-14-13-11-9-7-5-3-1/h1-7,10,12-14H,8-9,11H2. The zero-order valence-corrected chi connectivity index (χ0v) is 8.47. The normalized spacial score (nSPS) is 18.3. The highest BCUT2D eigenvalue weighted by atomic mass is 13.9. The van der Waals surface area contributed by atoms with Crippen molar-refractivity contribution in [2.75, 3.05) is 0 Å². The first kappa shape index (κ1) is 10.8. The Morgan fingerprint density at radius 1 is 0.500 bits per heavy atom. The third-order valence-corrected chi connectivity index (χ3v) is 1.87. The molecule has 0 aromatic heterocycles. The van der Waals surface area contributed by atoms with Crippen molar-refractivity contribution in [1.82, 2.24) is 0 Å². The van der Waals surface area contributed by atoms with Crippen LogP contribution in [0.15, 0.2) is 60.8 Å². The summed E-state index contributed by atoms with van der Waals surface area (Å²) in [5, 5.41) is 0. The average Bonchev–Trinajstić information content (AvgIpc) is 2.22. The van der Waals surface area contributed by atoms with Gasteiger partial charge < -0.3 is 0 Å². The SMILES string of the molecule is [CH]1C=CC=CC=CCC=CC=CCC1. The molecule has 0 aromatic carbocycles. The van der Waals surface area contributed by atoms with Gasteiger partial charge in [0.15, 0.2) is 0 Å². The van der Waals surface area contributed by atoms with Gasteiger partial charge >= 0.3 is 0 Å². The molecule has 0 heteroatoms. The second-order valence-electron chi connectivity index (χ2n) is 3.10. The molecule has 0 nitrogen and oxygen atoms in total. The average molecular weight is 185 g/mol. The third-order valence-electron chi connectivity index (χ3n) is 1.87. The summed E-state index contributed by atoms with van der Waals surface area (Å²) in [6.07, 6.45) is 26.5. The summed E-state index contributed by atoms with van der Waals surface area (Å²) in [7, 11) is 0. The second kappa shape index (κ2) is 8.31. The van der Waals surface area contributed by atoms with Crippen molar-refractivity contribution >= 4 is 0 Å². The minimum Gasteiger partial charge on any atom is -0.0845 e. The Bertz CT molecular complexity index is 262. The summed E-state index contributed by atoms with van der Waals surface area (Å²) in [5.41, 5.74) is 0. The van der Waals surface area contributed by atoms with Crippen molar-refractivity contribution in [2.24, 2.45) is 0 Å². The summed E-state index contributed by atoms with van der Waals surface area (Å²) in [6.45, 7) is 0. The van der Waals surface area contributed by atoms with E-state index in [1.807, 2.05) is 0 Å². The van der Waals surface area contributed by atoms with Gasteiger partial charge in [-0.25, -0.2) is 0 Å². The topological polar surface area (TPSA) is 0 Å². The van der Waals surface area contributed by atoms with Crippen LogP contribution in [-0.4, -0.2) is 0 Å². The van der Waals surface area contributed by atoms with Crippen LogP contribution in [-0.2, 0) is 0 Å². The molecule has 0 unspecified atom stereocenters. The van der Waals surface area contributed by atoms with E-state index >= 15 is 0 Å². The fraction of sp³-hybridized carbons (Fsp3) is 0.214. The zero-order valence-electron chi connectivity index (χ0n) is 8.47. The summed E-state index contributed by atoms with van der Waals surface area (Å²) in [5.74, 6) is 0. The van der Waals surface area contributed by atoms with Crippen LogP contribution in [0.2, 0.25) is 0 Å². The van der Waals surface area contributed by atoms with Gasteiger partial charge in [-0.2, -0.15) is 0 Å². The van der Waals surface area contributed by atoms with Crippen LogP contribution in [0.5, 0.6) is 0 Å². The molecular formula is C14H17. The highest BCUT2D eigenvalue weighted by Crippen LogP contribution is 1.98. The maximum atomic E-state index is 2.20. The van der Waals surface area contributed by atoms with Gasteiger partial charge in [0.1, 0.15) is 0 Å². The molecule has 0 saturated carbocycles. The molecular weight excluding hydrogens is 168 g/mol. The van der Waals surface area contributed by atoms with Crippen LogP contribution >= 0.6 is 0 Å². The van der Waals surface area contributed by atoms with Crippen molar-refractivity contribution in [3.05, 3.63) is 67.2 Å². The van der Waals surface area contributed by atoms with Crippen molar-refractivity contribution in [1.29, 1.82) is 0 Å². The van der Waals surface area contributed by atoms with Gasteiger partial charge in [0, 0.05) is 0 Å². The first-order valence-electron chi connectivity index (χ1n) is 5.13. The number of hydrogen-bond acceptors (Lipinski definition) is 0. The maximum absolute atomic E-state index is 2.20. The van der Waals surface area contributed by atoms with Gasteiger partial charge in [0.2, 0.25) is 0 Å². The number of rotatable bonds is 0. The summed E-state index contributed by atoms with van der Waals surface area (Å²) < 4.78 is 0. The lowest BCUT2D eigenvalue weighted by Gasteiger charge is -1.88. The highest BCUT2D eigenvalue weighted by Gasteiger charge is 1.79. The molecule has 1 radical (unpaired) electrons. The molecule has 1 rings (SSSR count). The lowest BCUT2D eigenvalue weighted by Crippen LogP contribution is -1.70. The Morgan fingerprint density at radius 3 is 2.07 bits per heavy atom. The Balaban J connectivity index is 2.45. The molecule has 0 aliphatic heterocycles. The van der Waals surface area contributed by atoms with Crippen molar-refractivity contribution in [3.8, 4) is 0 Å². The molecule has 73 valence electrons. The largest absolute Gasteiger partial charge is 0.0845 e. The molecule has 0 aromatic rings. The number of hydrogen-bond donors (Lipinski definition) is 0. The van der Waals surface area contributed by atoms with Gasteiger partial charge in [0.25, 0.3) is 0 Å². The molecule has 0 N–H and O–H groups in total. The zero-order chi connectivity index (χ0) is 9.90. The molecule has 1 aliphatic carbocycles. The molecule has 1 aliphatic rings. The van der Waals surface area contributed by atoms with E-state index in [4.69, 9.17) is 0 Å². The quantitative estimate of drug-likeness (QED) is 0.531. The Hall–Kier alpha value is -1.30. The van der Waals surface area contributed by atoms with Gasteiger partial charge in [-0.3, -0.25) is 0 Å². The van der Waals surface area contributed by atoms with Crippen LogP contribution in [0, 0.1) is 6.42 Å². The lowest BCUT2D eigenvalue weighted by molar-refractivity contribution is 1.00. The van der Waals surface area contributed by atoms with E-state index in [-0.39, 0.29) is 0 Å². The fourth-order valence-corrected chi connectivity index (χ4v) is 1.13. The van der Waals surface area contributed by atoms with Crippen LogP contribution in [0.25, 0.3) is 0 Å². The van der Waals surface area contributed by atoms with Crippen molar-refractivity contribution in [2.45, 2.75) is 19.3 Å². The van der Waals surface area contributed by atoms with Gasteiger partial charge in [-0.1, -0.05) is 60.8 Å². The summed E-state index contributed by atoms with van der Waals surface area (Å²) in [4.78, 5) is 0. The first-order chi connectivity index (χ1) is 7.00. The van der Waals surface area contributed by atoms with Crippen molar-refractivity contribution in [3.63, 3.8) is 0 Å². The van der Waals surface area contributed by atoms with Crippen LogP contribution < -0.4 is 0 Å². The van der Waals surface area contributed by atoms with Gasteiger partial charge in [0.05, 0.1) is 0 Å². The Kier molecular flexibility index (Phi) is 6.39. The maximum Gasteiger partial charge on any atom is -0.0163 e. The summed E-state index contributed by atoms with van der Waals surface area (Å²) in [6, 6.07) is 0. The first-order valence-corrected chi connectivity index (χ1v) is 5.13. The molecule has 0 amide bonds. The summed E-state index contributed by atoms with van der Waals surface area (Å²) >= 11 is 0. The molecule has 0 atom stereocenters. The van der Waals surface area contributed by atoms with E-state index in [2.05, 4.69) is 67.2 Å². The van der Waals surface area contributed by atoms with Crippen molar-refractivity contribution < 1.29 is 0 Å². The van der Waals surface area contributed by atoms with Crippen LogP contribution in [0.3, 0.4) is 0 Å². The minimum absolute atomic E-state index is 1.00. The smallest absolute Gasteiger partial charge is 0.0163 e. The third kappa shape index (κ3) is 6.24. The lowest BCUT2D eigenvalue weighted by atomic mass is 10.2. The highest BCUT2D eigenvalue weighted by molar-refractivity contribution is 5.15. The van der Waals surface area contributed by atoms with Crippen LogP contribution in [0.4, 0.5) is 0 Å². The molecule has 14 heavy (non-hydrogen) atoms. The second-order valence-corrected chi connectivity index (χ2v) is 3.10. The van der Waals surface area contributed by atoms with E-state index in [1.165, 1.54) is 0 Å². The molecule has 0 spiro atoms.